The van der Waals surface area contributed by atoms with Crippen molar-refractivity contribution in [1.29, 1.82) is 0 Å². The lowest BCUT2D eigenvalue weighted by Crippen LogP contribution is -2.34. The lowest BCUT2D eigenvalue weighted by atomic mass is 9.68. The van der Waals surface area contributed by atoms with Crippen LogP contribution in [0.25, 0.3) is 10.9 Å². The van der Waals surface area contributed by atoms with Crippen molar-refractivity contribution in [2.24, 2.45) is 0 Å². The molecule has 0 amide bonds. The van der Waals surface area contributed by atoms with Gasteiger partial charge < -0.3 is 9.72 Å². The smallest absolute Gasteiger partial charge is 0.306 e. The summed E-state index contributed by atoms with van der Waals surface area (Å²) >= 11 is 7.35. The Labute approximate surface area is 153 Å². The second-order valence-corrected chi connectivity index (χ2v) is 8.10. The van der Waals surface area contributed by atoms with E-state index in [9.17, 15) is 4.79 Å². The molecule has 1 unspecified atom stereocenters. The first-order chi connectivity index (χ1) is 11.0. The highest BCUT2D eigenvalue weighted by Gasteiger charge is 2.40. The lowest BCUT2D eigenvalue weighted by molar-refractivity contribution is -0.142. The molecule has 3 rings (SSSR count). The zero-order valence-electron chi connectivity index (χ0n) is 13.5. The van der Waals surface area contributed by atoms with Gasteiger partial charge in [0.15, 0.2) is 0 Å². The molecule has 0 bridgehead atoms. The standard InChI is InChI=1S/C18H21Br2NO2/c1-3-8-18(10-14(22)23-2)9-4-5-11-15-12(19)6-7-13(20)16(15)21-17(11)18/h6-7,21H,3-5,8-10H2,1-2H3. The fourth-order valence-electron chi connectivity index (χ4n) is 4.07. The van der Waals surface area contributed by atoms with E-state index >= 15 is 0 Å². The number of carbonyl (C=O) groups excluding carboxylic acids is 1. The van der Waals surface area contributed by atoms with Gasteiger partial charge in [0, 0.05) is 25.4 Å². The molecule has 1 N–H and O–H groups in total. The summed E-state index contributed by atoms with van der Waals surface area (Å²) < 4.78 is 7.16. The monoisotopic (exact) mass is 441 g/mol. The SMILES string of the molecule is CCCC1(CC(=O)OC)CCCc2c1[nH]c1c(Br)ccc(Br)c21. The molecule has 23 heavy (non-hydrogen) atoms. The van der Waals surface area contributed by atoms with Gasteiger partial charge in [0.1, 0.15) is 0 Å². The van der Waals surface area contributed by atoms with Crippen LogP contribution in [0.2, 0.25) is 0 Å². The van der Waals surface area contributed by atoms with E-state index in [-0.39, 0.29) is 11.4 Å². The Morgan fingerprint density at radius 3 is 2.78 bits per heavy atom. The summed E-state index contributed by atoms with van der Waals surface area (Å²) in [5.41, 5.74) is 3.58. The van der Waals surface area contributed by atoms with Gasteiger partial charge in [0.25, 0.3) is 0 Å². The predicted molar refractivity (Wildman–Crippen MR) is 99.9 cm³/mol. The molecule has 1 aliphatic rings. The van der Waals surface area contributed by atoms with Crippen molar-refractivity contribution in [2.75, 3.05) is 7.11 Å². The third kappa shape index (κ3) is 2.86. The number of aromatic amines is 1. The summed E-state index contributed by atoms with van der Waals surface area (Å²) in [5, 5.41) is 1.25. The van der Waals surface area contributed by atoms with Crippen molar-refractivity contribution in [3.63, 3.8) is 0 Å². The molecule has 1 aromatic carbocycles. The van der Waals surface area contributed by atoms with Crippen LogP contribution in [0.3, 0.4) is 0 Å². The summed E-state index contributed by atoms with van der Waals surface area (Å²) in [6.07, 6.45) is 5.69. The molecular weight excluding hydrogens is 422 g/mol. The number of carbonyl (C=O) groups is 1. The molecule has 3 nitrogen and oxygen atoms in total. The topological polar surface area (TPSA) is 42.1 Å². The van der Waals surface area contributed by atoms with Crippen molar-refractivity contribution in [2.45, 2.75) is 50.9 Å². The highest BCUT2D eigenvalue weighted by atomic mass is 79.9. The van der Waals surface area contributed by atoms with Crippen LogP contribution >= 0.6 is 31.9 Å². The Bertz CT molecular complexity index is 753. The molecule has 0 saturated carbocycles. The minimum atomic E-state index is -0.132. The highest BCUT2D eigenvalue weighted by Crippen LogP contribution is 2.47. The Kier molecular flexibility index (Phi) is 4.88. The van der Waals surface area contributed by atoms with E-state index in [1.807, 2.05) is 0 Å². The van der Waals surface area contributed by atoms with Crippen LogP contribution in [0.1, 0.15) is 50.3 Å². The third-order valence-corrected chi connectivity index (χ3v) is 6.33. The van der Waals surface area contributed by atoms with Crippen molar-refractivity contribution >= 4 is 48.7 Å². The number of H-pyrrole nitrogens is 1. The van der Waals surface area contributed by atoms with Crippen molar-refractivity contribution < 1.29 is 9.53 Å². The average Bonchev–Trinajstić information content (AvgIpc) is 2.94. The summed E-state index contributed by atoms with van der Waals surface area (Å²) in [4.78, 5) is 15.7. The summed E-state index contributed by atoms with van der Waals surface area (Å²) in [6.45, 7) is 2.18. The number of aryl methyl sites for hydroxylation is 1. The van der Waals surface area contributed by atoms with Gasteiger partial charge in [-0.15, -0.1) is 0 Å². The van der Waals surface area contributed by atoms with Crippen LogP contribution in [0.4, 0.5) is 0 Å². The average molecular weight is 443 g/mol. The fraction of sp³-hybridized carbons (Fsp3) is 0.500. The van der Waals surface area contributed by atoms with Crippen LogP contribution in [-0.4, -0.2) is 18.1 Å². The zero-order chi connectivity index (χ0) is 16.6. The number of rotatable bonds is 4. The largest absolute Gasteiger partial charge is 0.469 e. The number of fused-ring (bicyclic) bond motifs is 3. The zero-order valence-corrected chi connectivity index (χ0v) is 16.6. The van der Waals surface area contributed by atoms with E-state index in [4.69, 9.17) is 4.74 Å². The Morgan fingerprint density at radius 1 is 1.35 bits per heavy atom. The van der Waals surface area contributed by atoms with Crippen molar-refractivity contribution in [3.8, 4) is 0 Å². The molecule has 0 spiro atoms. The Morgan fingerprint density at radius 2 is 2.09 bits per heavy atom. The van der Waals surface area contributed by atoms with E-state index in [1.165, 1.54) is 23.8 Å². The molecule has 5 heteroatoms. The minimum Gasteiger partial charge on any atom is -0.469 e. The fourth-order valence-corrected chi connectivity index (χ4v) is 5.07. The Hall–Kier alpha value is -0.810. The van der Waals surface area contributed by atoms with Crippen LogP contribution < -0.4 is 0 Å². The first-order valence-corrected chi connectivity index (χ1v) is 9.67. The number of hydrogen-bond acceptors (Lipinski definition) is 2. The third-order valence-electron chi connectivity index (χ3n) is 5.01. The van der Waals surface area contributed by atoms with Gasteiger partial charge in [0.2, 0.25) is 0 Å². The molecule has 1 aliphatic carbocycles. The quantitative estimate of drug-likeness (QED) is 0.623. The van der Waals surface area contributed by atoms with Gasteiger partial charge in [-0.25, -0.2) is 0 Å². The van der Waals surface area contributed by atoms with E-state index in [0.29, 0.717) is 6.42 Å². The van der Waals surface area contributed by atoms with E-state index < -0.39 is 0 Å². The molecular formula is C18H21Br2NO2. The normalized spacial score (nSPS) is 20.5. The molecule has 1 heterocycles. The molecule has 1 aromatic heterocycles. The van der Waals surface area contributed by atoms with Gasteiger partial charge in [-0.2, -0.15) is 0 Å². The van der Waals surface area contributed by atoms with Gasteiger partial charge in [0.05, 0.1) is 19.0 Å². The van der Waals surface area contributed by atoms with Gasteiger partial charge in [-0.3, -0.25) is 4.79 Å². The van der Waals surface area contributed by atoms with Gasteiger partial charge in [-0.1, -0.05) is 29.3 Å². The number of esters is 1. The highest BCUT2D eigenvalue weighted by molar-refractivity contribution is 9.11. The molecule has 0 saturated heterocycles. The van der Waals surface area contributed by atoms with Gasteiger partial charge >= 0.3 is 5.97 Å². The van der Waals surface area contributed by atoms with E-state index in [0.717, 1.165) is 46.6 Å². The van der Waals surface area contributed by atoms with Crippen LogP contribution in [0.5, 0.6) is 0 Å². The first-order valence-electron chi connectivity index (χ1n) is 8.08. The maximum atomic E-state index is 12.1. The second kappa shape index (κ2) is 6.60. The maximum Gasteiger partial charge on any atom is 0.306 e. The number of aromatic nitrogens is 1. The van der Waals surface area contributed by atoms with Crippen LogP contribution in [-0.2, 0) is 21.4 Å². The van der Waals surface area contributed by atoms with E-state index in [1.54, 1.807) is 0 Å². The number of benzene rings is 1. The number of halogens is 2. The summed E-state index contributed by atoms with van der Waals surface area (Å²) in [5.74, 6) is -0.122. The summed E-state index contributed by atoms with van der Waals surface area (Å²) in [6, 6.07) is 4.13. The number of nitrogens with one attached hydrogen (secondary N) is 1. The maximum absolute atomic E-state index is 12.1. The van der Waals surface area contributed by atoms with Crippen LogP contribution in [0, 0.1) is 0 Å². The van der Waals surface area contributed by atoms with Crippen molar-refractivity contribution in [3.05, 3.63) is 32.3 Å². The molecule has 0 radical (unpaired) electrons. The first kappa shape index (κ1) is 17.0. The van der Waals surface area contributed by atoms with Crippen molar-refractivity contribution in [1.82, 2.24) is 4.98 Å². The van der Waals surface area contributed by atoms with E-state index in [2.05, 4.69) is 55.9 Å². The number of hydrogen-bond donors (Lipinski definition) is 1. The summed E-state index contributed by atoms with van der Waals surface area (Å²) in [7, 11) is 1.48. The predicted octanol–water partition coefficient (Wildman–Crippen LogP) is 5.63. The van der Waals surface area contributed by atoms with Crippen LogP contribution in [0.15, 0.2) is 21.1 Å². The molecule has 0 aliphatic heterocycles. The minimum absolute atomic E-state index is 0.122. The number of methoxy groups -OCH3 is 1. The lowest BCUT2D eigenvalue weighted by Gasteiger charge is -2.36. The second-order valence-electron chi connectivity index (χ2n) is 6.39. The molecule has 2 aromatic rings. The molecule has 124 valence electrons. The Balaban J connectivity index is 2.22. The molecule has 0 fully saturated rings. The van der Waals surface area contributed by atoms with Gasteiger partial charge in [-0.05, 0) is 59.3 Å². The molecule has 1 atom stereocenters. The number of ether oxygens (including phenoxy) is 1.